The number of Topliss-reactive ketones (excluding diaryl/α,β-unsaturated/α-hetero) is 2. The number of carboxylic acids is 2. The summed E-state index contributed by atoms with van der Waals surface area (Å²) < 4.78 is 0. The van der Waals surface area contributed by atoms with Gasteiger partial charge in [0, 0.05) is 43.4 Å². The van der Waals surface area contributed by atoms with Crippen LogP contribution in [0, 0.1) is 92.7 Å². The van der Waals surface area contributed by atoms with Crippen LogP contribution in [-0.4, -0.2) is 78.6 Å². The van der Waals surface area contributed by atoms with Gasteiger partial charge in [0.25, 0.3) is 0 Å². The van der Waals surface area contributed by atoms with E-state index in [-0.39, 0.29) is 99.8 Å². The van der Waals surface area contributed by atoms with Crippen LogP contribution in [0.2, 0.25) is 0 Å². The van der Waals surface area contributed by atoms with E-state index < -0.39 is 24.1 Å². The fourth-order valence-electron chi connectivity index (χ4n) is 16.9. The highest BCUT2D eigenvalue weighted by Crippen LogP contribution is 2.70. The minimum absolute atomic E-state index is 0.00507. The van der Waals surface area contributed by atoms with E-state index in [0.717, 1.165) is 64.2 Å². The summed E-state index contributed by atoms with van der Waals surface area (Å²) in [7, 11) is 0. The van der Waals surface area contributed by atoms with Gasteiger partial charge >= 0.3 is 11.9 Å². The molecule has 0 spiro atoms. The second-order valence-corrected chi connectivity index (χ2v) is 22.5. The Balaban J connectivity index is 0.000000177. The van der Waals surface area contributed by atoms with Gasteiger partial charge < -0.3 is 30.6 Å². The van der Waals surface area contributed by atoms with Crippen LogP contribution in [0.5, 0.6) is 0 Å². The van der Waals surface area contributed by atoms with E-state index in [1.807, 2.05) is 0 Å². The zero-order valence-corrected chi connectivity index (χ0v) is 36.3. The third-order valence-corrected chi connectivity index (χ3v) is 20.3. The minimum Gasteiger partial charge on any atom is -0.481 e. The molecule has 10 nitrogen and oxygen atoms in total. The molecular weight excluding hydrogens is 737 g/mol. The molecule has 8 aliphatic carbocycles. The van der Waals surface area contributed by atoms with Gasteiger partial charge in [0.1, 0.15) is 11.6 Å². The first kappa shape index (κ1) is 44.2. The van der Waals surface area contributed by atoms with E-state index in [2.05, 4.69) is 41.5 Å². The van der Waals surface area contributed by atoms with E-state index in [9.17, 15) is 39.6 Å². The molecule has 20 atom stereocenters. The monoisotopic (exact) mass is 813 g/mol. The molecular formula is C48H76O10. The molecule has 6 N–H and O–H groups in total. The number of aliphatic hydroxyl groups is 4. The van der Waals surface area contributed by atoms with Gasteiger partial charge in [-0.05, 0) is 165 Å². The summed E-state index contributed by atoms with van der Waals surface area (Å²) in [5.74, 6) is 1.79. The van der Waals surface area contributed by atoms with E-state index in [1.54, 1.807) is 0 Å². The summed E-state index contributed by atoms with van der Waals surface area (Å²) >= 11 is 0. The van der Waals surface area contributed by atoms with Crippen molar-refractivity contribution in [2.45, 2.75) is 182 Å². The van der Waals surface area contributed by atoms with E-state index in [1.165, 1.54) is 0 Å². The summed E-state index contributed by atoms with van der Waals surface area (Å²) in [6, 6.07) is 0. The molecule has 0 bridgehead atoms. The van der Waals surface area contributed by atoms with Crippen LogP contribution in [0.1, 0.15) is 157 Å². The lowest BCUT2D eigenvalue weighted by molar-refractivity contribution is -0.207. The molecule has 8 fully saturated rings. The summed E-state index contributed by atoms with van der Waals surface area (Å²) in [5, 5.41) is 62.5. The van der Waals surface area contributed by atoms with Crippen LogP contribution in [0.25, 0.3) is 0 Å². The molecule has 0 aliphatic heterocycles. The van der Waals surface area contributed by atoms with Gasteiger partial charge in [-0.25, -0.2) is 0 Å². The molecule has 8 aliphatic rings. The fourth-order valence-corrected chi connectivity index (χ4v) is 16.9. The Morgan fingerprint density at radius 2 is 1.17 bits per heavy atom. The second kappa shape index (κ2) is 16.1. The molecule has 8 rings (SSSR count). The SMILES string of the molecule is C[C@H](CCC(=O)O)[C@H]1CC[C@H]2[C@@H]3C(=O)C[C@@H]4CC(=O)CC[C@]4(C)[C@H]3C[C@@H](O)[C@]12C.C[C@H](CCC(=O)O)[C@H]1CC[C@H]2[C@@H]3[C@H](O)C[C@@H]4C[C@H](O)CC[C@]4(C)[C@H]3C[C@H](O)[C@]12C. The number of hydrogen-bond acceptors (Lipinski definition) is 8. The van der Waals surface area contributed by atoms with Crippen LogP contribution in [0.4, 0.5) is 0 Å². The normalized spacial score (nSPS) is 50.4. The summed E-state index contributed by atoms with van der Waals surface area (Å²) in [5.41, 5.74) is -0.486. The predicted molar refractivity (Wildman–Crippen MR) is 218 cm³/mol. The van der Waals surface area contributed by atoms with Crippen molar-refractivity contribution >= 4 is 23.5 Å². The average Bonchev–Trinajstić information content (AvgIpc) is 3.70. The number of carbonyl (C=O) groups is 4. The molecule has 0 aromatic heterocycles. The van der Waals surface area contributed by atoms with Crippen molar-refractivity contribution in [1.29, 1.82) is 0 Å². The van der Waals surface area contributed by atoms with E-state index >= 15 is 0 Å². The number of rotatable bonds is 8. The lowest BCUT2D eigenvalue weighted by Gasteiger charge is -2.63. The van der Waals surface area contributed by atoms with Crippen molar-refractivity contribution in [3.8, 4) is 0 Å². The number of fused-ring (bicyclic) bond motifs is 10. The maximum absolute atomic E-state index is 13.3. The molecule has 8 saturated carbocycles. The first-order chi connectivity index (χ1) is 27.2. The van der Waals surface area contributed by atoms with Crippen LogP contribution < -0.4 is 0 Å². The van der Waals surface area contributed by atoms with Crippen LogP contribution in [0.3, 0.4) is 0 Å². The summed E-state index contributed by atoms with van der Waals surface area (Å²) in [6.45, 7) is 13.3. The van der Waals surface area contributed by atoms with Crippen molar-refractivity contribution in [1.82, 2.24) is 0 Å². The lowest BCUT2D eigenvalue weighted by atomic mass is 9.43. The van der Waals surface area contributed by atoms with Crippen LogP contribution in [0.15, 0.2) is 0 Å². The summed E-state index contributed by atoms with van der Waals surface area (Å²) in [6.07, 6.45) is 11.4. The number of carbonyl (C=O) groups excluding carboxylic acids is 2. The fraction of sp³-hybridized carbons (Fsp3) is 0.917. The van der Waals surface area contributed by atoms with Crippen molar-refractivity contribution < 1.29 is 49.8 Å². The van der Waals surface area contributed by atoms with E-state index in [0.29, 0.717) is 68.0 Å². The molecule has 58 heavy (non-hydrogen) atoms. The van der Waals surface area contributed by atoms with Crippen molar-refractivity contribution in [2.24, 2.45) is 92.7 Å². The van der Waals surface area contributed by atoms with Gasteiger partial charge in [-0.1, -0.05) is 41.5 Å². The van der Waals surface area contributed by atoms with Gasteiger partial charge in [-0.3, -0.25) is 19.2 Å². The molecule has 0 saturated heterocycles. The first-order valence-electron chi connectivity index (χ1n) is 23.4. The van der Waals surface area contributed by atoms with Crippen LogP contribution >= 0.6 is 0 Å². The smallest absolute Gasteiger partial charge is 0.303 e. The molecule has 0 aromatic rings. The van der Waals surface area contributed by atoms with Crippen molar-refractivity contribution in [3.05, 3.63) is 0 Å². The Hall–Kier alpha value is -1.88. The highest BCUT2D eigenvalue weighted by molar-refractivity contribution is 5.86. The Morgan fingerprint density at radius 3 is 1.76 bits per heavy atom. The number of ketones is 2. The Kier molecular flexibility index (Phi) is 12.3. The molecule has 0 unspecified atom stereocenters. The summed E-state index contributed by atoms with van der Waals surface area (Å²) in [4.78, 5) is 47.5. The number of hydrogen-bond donors (Lipinski definition) is 6. The van der Waals surface area contributed by atoms with E-state index in [4.69, 9.17) is 10.2 Å². The van der Waals surface area contributed by atoms with Gasteiger partial charge in [0.2, 0.25) is 0 Å². The van der Waals surface area contributed by atoms with Gasteiger partial charge in [-0.15, -0.1) is 0 Å². The highest BCUT2D eigenvalue weighted by atomic mass is 16.4. The molecule has 0 radical (unpaired) electrons. The zero-order chi connectivity index (χ0) is 42.3. The minimum atomic E-state index is -0.769. The number of aliphatic carboxylic acids is 2. The third kappa shape index (κ3) is 7.15. The molecule has 328 valence electrons. The first-order valence-corrected chi connectivity index (χ1v) is 23.4. The quantitative estimate of drug-likeness (QED) is 0.145. The number of carboxylic acid groups (broad SMARTS) is 2. The van der Waals surface area contributed by atoms with Gasteiger partial charge in [0.05, 0.1) is 24.4 Å². The van der Waals surface area contributed by atoms with Gasteiger partial charge in [-0.2, -0.15) is 0 Å². The predicted octanol–water partition coefficient (Wildman–Crippen LogP) is 7.31. The van der Waals surface area contributed by atoms with Crippen molar-refractivity contribution in [2.75, 3.05) is 0 Å². The zero-order valence-electron chi connectivity index (χ0n) is 36.3. The van der Waals surface area contributed by atoms with Crippen molar-refractivity contribution in [3.63, 3.8) is 0 Å². The topological polar surface area (TPSA) is 190 Å². The molecule has 0 heterocycles. The highest BCUT2D eigenvalue weighted by Gasteiger charge is 2.67. The molecule has 10 heteroatoms. The Morgan fingerprint density at radius 1 is 0.638 bits per heavy atom. The number of aliphatic hydroxyl groups excluding tert-OH is 4. The molecule has 0 amide bonds. The average molecular weight is 813 g/mol. The maximum atomic E-state index is 13.3. The largest absolute Gasteiger partial charge is 0.481 e. The Labute approximate surface area is 346 Å². The molecule has 0 aromatic carbocycles. The second-order valence-electron chi connectivity index (χ2n) is 22.5. The van der Waals surface area contributed by atoms with Crippen LogP contribution in [-0.2, 0) is 19.2 Å². The Bertz CT molecular complexity index is 1580. The maximum Gasteiger partial charge on any atom is 0.303 e. The standard InChI is InChI=1S/C24H40O5.C24H36O5/c2*1-13(4-7-21(28)29)16-5-6-17-22-18(12-20(27)24(16,17)3)23(2)9-8-15(25)10-14(23)11-19(22)26/h13-20,22,25-27H,4-12H2,1-3H3,(H,28,29);13-14,16-18,20,22,27H,4-12H2,1-3H3,(H,28,29)/t13-,14+,15-,16-,17+,18+,19-,20+,22+,23+,24-;13-,14+,16-,17+,18+,20-,22+,23+,24-/m11/s1. The third-order valence-electron chi connectivity index (χ3n) is 20.3. The van der Waals surface area contributed by atoms with Gasteiger partial charge in [0.15, 0.2) is 0 Å². The lowest BCUT2D eigenvalue weighted by Crippen LogP contribution is -2.62.